The van der Waals surface area contributed by atoms with Crippen LogP contribution in [-0.4, -0.2) is 24.3 Å². The number of nitrogens with one attached hydrogen (secondary N) is 1. The van der Waals surface area contributed by atoms with Gasteiger partial charge < -0.3 is 15.8 Å². The van der Waals surface area contributed by atoms with Crippen LogP contribution in [0.5, 0.6) is 0 Å². The van der Waals surface area contributed by atoms with Crippen LogP contribution in [0.4, 0.5) is 4.79 Å². The molecule has 4 nitrogen and oxygen atoms in total. The van der Waals surface area contributed by atoms with E-state index in [0.717, 1.165) is 12.8 Å². The maximum atomic E-state index is 11.5. The Bertz CT molecular complexity index is 436. The van der Waals surface area contributed by atoms with Gasteiger partial charge in [-0.15, -0.1) is 0 Å². The first-order chi connectivity index (χ1) is 9.26. The van der Waals surface area contributed by atoms with Gasteiger partial charge in [-0.2, -0.15) is 0 Å². The minimum absolute atomic E-state index is 0.158. The van der Waals surface area contributed by atoms with E-state index in [4.69, 9.17) is 10.5 Å². The summed E-state index contributed by atoms with van der Waals surface area (Å²) in [6.07, 6.45) is 1.28. The van der Waals surface area contributed by atoms with Crippen LogP contribution in [0, 0.1) is 0 Å². The lowest BCUT2D eigenvalue weighted by Gasteiger charge is -2.19. The number of alkyl carbamates (subject to hydrolysis) is 1. The lowest BCUT2D eigenvalue weighted by Crippen LogP contribution is -2.33. The van der Waals surface area contributed by atoms with Gasteiger partial charge in [0.2, 0.25) is 0 Å². The minimum Gasteiger partial charge on any atom is -0.444 e. The summed E-state index contributed by atoms with van der Waals surface area (Å²) in [4.78, 5) is 11.5. The summed E-state index contributed by atoms with van der Waals surface area (Å²) in [7, 11) is 0. The molecule has 0 aliphatic heterocycles. The number of nitrogens with two attached hydrogens (primary N) is 1. The zero-order valence-corrected chi connectivity index (χ0v) is 12.9. The number of rotatable bonds is 5. The van der Waals surface area contributed by atoms with Crippen LogP contribution in [0.2, 0.25) is 0 Å². The summed E-state index contributed by atoms with van der Waals surface area (Å²) < 4.78 is 5.19. The molecule has 0 spiro atoms. The highest BCUT2D eigenvalue weighted by Crippen LogP contribution is 2.09. The molecule has 1 amide bonds. The van der Waals surface area contributed by atoms with Crippen LogP contribution in [0.3, 0.4) is 0 Å². The van der Waals surface area contributed by atoms with E-state index in [1.54, 1.807) is 0 Å². The quantitative estimate of drug-likeness (QED) is 0.870. The number of hydrogen-bond acceptors (Lipinski definition) is 3. The van der Waals surface area contributed by atoms with Gasteiger partial charge in [0, 0.05) is 12.6 Å². The van der Waals surface area contributed by atoms with Gasteiger partial charge in [0.1, 0.15) is 5.60 Å². The van der Waals surface area contributed by atoms with Gasteiger partial charge in [0.25, 0.3) is 0 Å². The minimum atomic E-state index is -0.457. The molecule has 3 N–H and O–H groups in total. The summed E-state index contributed by atoms with van der Waals surface area (Å²) in [5.41, 5.74) is 7.77. The van der Waals surface area contributed by atoms with E-state index in [2.05, 4.69) is 23.5 Å². The molecule has 0 saturated carbocycles. The molecule has 0 heterocycles. The molecule has 1 aromatic rings. The van der Waals surface area contributed by atoms with E-state index in [9.17, 15) is 4.79 Å². The number of carbonyl (C=O) groups is 1. The summed E-state index contributed by atoms with van der Waals surface area (Å²) in [6, 6.07) is 8.46. The summed E-state index contributed by atoms with van der Waals surface area (Å²) in [6.45, 7) is 8.12. The number of benzene rings is 1. The molecule has 112 valence electrons. The molecule has 1 atom stereocenters. The predicted octanol–water partition coefficient (Wildman–Crippen LogP) is 2.64. The van der Waals surface area contributed by atoms with Crippen LogP contribution in [0.15, 0.2) is 24.3 Å². The van der Waals surface area contributed by atoms with E-state index in [0.29, 0.717) is 6.54 Å². The molecule has 4 heteroatoms. The first-order valence-corrected chi connectivity index (χ1v) is 7.06. The van der Waals surface area contributed by atoms with Crippen molar-refractivity contribution in [3.05, 3.63) is 35.4 Å². The standard InChI is InChI=1S/C16H26N2O2/c1-12(17)10-14-7-5-6-13(11-14)8-9-18-15(19)20-16(2,3)4/h5-7,11-12H,8-10,17H2,1-4H3,(H,18,19)/t12-/m0/s1. The first kappa shape index (κ1) is 16.5. The van der Waals surface area contributed by atoms with Crippen molar-refractivity contribution in [1.29, 1.82) is 0 Å². The fourth-order valence-electron chi connectivity index (χ4n) is 1.91. The Morgan fingerprint density at radius 2 is 2.00 bits per heavy atom. The molecular weight excluding hydrogens is 252 g/mol. The zero-order valence-electron chi connectivity index (χ0n) is 12.9. The van der Waals surface area contributed by atoms with Crippen molar-refractivity contribution in [2.24, 2.45) is 5.73 Å². The van der Waals surface area contributed by atoms with E-state index in [1.807, 2.05) is 33.8 Å². The van der Waals surface area contributed by atoms with E-state index in [-0.39, 0.29) is 12.1 Å². The highest BCUT2D eigenvalue weighted by atomic mass is 16.6. The summed E-state index contributed by atoms with van der Waals surface area (Å²) in [5.74, 6) is 0. The number of amides is 1. The van der Waals surface area contributed by atoms with Gasteiger partial charge in [0.05, 0.1) is 0 Å². The van der Waals surface area contributed by atoms with Gasteiger partial charge in [-0.1, -0.05) is 24.3 Å². The van der Waals surface area contributed by atoms with Gasteiger partial charge in [-0.25, -0.2) is 4.79 Å². The highest BCUT2D eigenvalue weighted by Gasteiger charge is 2.15. The molecule has 0 radical (unpaired) electrons. The van der Waals surface area contributed by atoms with Crippen molar-refractivity contribution < 1.29 is 9.53 Å². The number of hydrogen-bond donors (Lipinski definition) is 2. The van der Waals surface area contributed by atoms with E-state index in [1.165, 1.54) is 11.1 Å². The number of carbonyl (C=O) groups excluding carboxylic acids is 1. The lowest BCUT2D eigenvalue weighted by molar-refractivity contribution is 0.0528. The molecule has 20 heavy (non-hydrogen) atoms. The Labute approximate surface area is 121 Å². The first-order valence-electron chi connectivity index (χ1n) is 7.06. The predicted molar refractivity (Wildman–Crippen MR) is 81.7 cm³/mol. The SMILES string of the molecule is C[C@H](N)Cc1cccc(CCNC(=O)OC(C)(C)C)c1. The molecule has 0 fully saturated rings. The van der Waals surface area contributed by atoms with E-state index >= 15 is 0 Å². The normalized spacial score (nSPS) is 12.8. The second-order valence-corrected chi connectivity index (χ2v) is 6.18. The smallest absolute Gasteiger partial charge is 0.407 e. The van der Waals surface area contributed by atoms with Gasteiger partial charge in [0.15, 0.2) is 0 Å². The summed E-state index contributed by atoms with van der Waals surface area (Å²) in [5, 5.41) is 2.76. The Morgan fingerprint density at radius 1 is 1.35 bits per heavy atom. The summed E-state index contributed by atoms with van der Waals surface area (Å²) >= 11 is 0. The fraction of sp³-hybridized carbons (Fsp3) is 0.562. The molecule has 0 bridgehead atoms. The van der Waals surface area contributed by atoms with Crippen molar-refractivity contribution in [2.45, 2.75) is 52.2 Å². The molecule has 1 aromatic carbocycles. The molecule has 1 rings (SSSR count). The van der Waals surface area contributed by atoms with Crippen LogP contribution in [0.25, 0.3) is 0 Å². The van der Waals surface area contributed by atoms with Crippen LogP contribution >= 0.6 is 0 Å². The van der Waals surface area contributed by atoms with Crippen molar-refractivity contribution >= 4 is 6.09 Å². The fourth-order valence-corrected chi connectivity index (χ4v) is 1.91. The van der Waals surface area contributed by atoms with Crippen molar-refractivity contribution in [3.8, 4) is 0 Å². The molecule has 0 saturated heterocycles. The van der Waals surface area contributed by atoms with Gasteiger partial charge in [-0.05, 0) is 51.7 Å². The van der Waals surface area contributed by atoms with Crippen molar-refractivity contribution in [1.82, 2.24) is 5.32 Å². The third kappa shape index (κ3) is 7.14. The van der Waals surface area contributed by atoms with Crippen molar-refractivity contribution in [2.75, 3.05) is 6.54 Å². The van der Waals surface area contributed by atoms with Gasteiger partial charge >= 0.3 is 6.09 Å². The Hall–Kier alpha value is -1.55. The monoisotopic (exact) mass is 278 g/mol. The largest absolute Gasteiger partial charge is 0.444 e. The van der Waals surface area contributed by atoms with Crippen LogP contribution in [-0.2, 0) is 17.6 Å². The Morgan fingerprint density at radius 3 is 2.60 bits per heavy atom. The number of ether oxygens (including phenoxy) is 1. The molecule has 0 unspecified atom stereocenters. The second kappa shape index (κ2) is 7.29. The third-order valence-corrected chi connectivity index (χ3v) is 2.63. The average molecular weight is 278 g/mol. The Balaban J connectivity index is 2.40. The maximum Gasteiger partial charge on any atom is 0.407 e. The van der Waals surface area contributed by atoms with Crippen LogP contribution in [0.1, 0.15) is 38.8 Å². The highest BCUT2D eigenvalue weighted by molar-refractivity contribution is 5.67. The van der Waals surface area contributed by atoms with Gasteiger partial charge in [-0.3, -0.25) is 0 Å². The Kier molecular flexibility index (Phi) is 6.02. The third-order valence-electron chi connectivity index (χ3n) is 2.63. The second-order valence-electron chi connectivity index (χ2n) is 6.18. The van der Waals surface area contributed by atoms with Crippen LogP contribution < -0.4 is 11.1 Å². The van der Waals surface area contributed by atoms with Crippen molar-refractivity contribution in [3.63, 3.8) is 0 Å². The maximum absolute atomic E-state index is 11.5. The molecule has 0 aromatic heterocycles. The average Bonchev–Trinajstić information content (AvgIpc) is 2.25. The van der Waals surface area contributed by atoms with E-state index < -0.39 is 5.60 Å². The molecule has 0 aliphatic rings. The molecule has 0 aliphatic carbocycles. The topological polar surface area (TPSA) is 64.3 Å². The molecular formula is C16H26N2O2. The zero-order chi connectivity index (χ0) is 15.2. The lowest BCUT2D eigenvalue weighted by atomic mass is 10.0.